The highest BCUT2D eigenvalue weighted by atomic mass is 16.3. The maximum Gasteiger partial charge on any atom is 0.102 e. The van der Waals surface area contributed by atoms with Crippen molar-refractivity contribution in [2.45, 2.75) is 46.7 Å². The molecule has 0 aromatic heterocycles. The van der Waals surface area contributed by atoms with Gasteiger partial charge in [0.05, 0.1) is 25.2 Å². The lowest BCUT2D eigenvalue weighted by Gasteiger charge is -2.45. The lowest BCUT2D eigenvalue weighted by molar-refractivity contribution is -0.965. The third-order valence-electron chi connectivity index (χ3n) is 3.16. The monoisotopic (exact) mass is 174 g/mol. The first-order chi connectivity index (χ1) is 5.51. The highest BCUT2D eigenvalue weighted by molar-refractivity contribution is 4.52. The van der Waals surface area contributed by atoms with Crippen LogP contribution in [0.25, 0.3) is 0 Å². The van der Waals surface area contributed by atoms with Crippen LogP contribution in [0.3, 0.4) is 0 Å². The van der Waals surface area contributed by atoms with Crippen LogP contribution in [0, 0.1) is 0 Å². The zero-order valence-corrected chi connectivity index (χ0v) is 9.17. The molecule has 0 heterocycles. The zero-order valence-electron chi connectivity index (χ0n) is 9.17. The number of aliphatic hydroxyl groups excluding tert-OH is 1. The van der Waals surface area contributed by atoms with E-state index in [-0.39, 0.29) is 0 Å². The number of hydrogen-bond acceptors (Lipinski definition) is 1. The Hall–Kier alpha value is -0.0800. The van der Waals surface area contributed by atoms with Gasteiger partial charge in [-0.25, -0.2) is 0 Å². The summed E-state index contributed by atoms with van der Waals surface area (Å²) in [5.41, 5.74) is 0. The minimum absolute atomic E-state index is 0.296. The minimum atomic E-state index is 0.296. The Morgan fingerprint density at radius 3 is 1.58 bits per heavy atom. The van der Waals surface area contributed by atoms with Gasteiger partial charge in [-0.1, -0.05) is 0 Å². The van der Waals surface area contributed by atoms with Gasteiger partial charge in [0.1, 0.15) is 6.54 Å². The van der Waals surface area contributed by atoms with Gasteiger partial charge in [-0.15, -0.1) is 0 Å². The second kappa shape index (κ2) is 4.83. The standard InChI is InChI=1S/C10H24NO/c1-6-11(7-8-12,9(2)3)10(4)5/h9-10,12H,6-8H2,1-5H3/q+1. The van der Waals surface area contributed by atoms with Crippen LogP contribution in [0.2, 0.25) is 0 Å². The Balaban J connectivity index is 4.51. The second-order valence-corrected chi connectivity index (χ2v) is 4.05. The molecule has 2 heteroatoms. The van der Waals surface area contributed by atoms with Crippen LogP contribution >= 0.6 is 0 Å². The van der Waals surface area contributed by atoms with E-state index >= 15 is 0 Å². The van der Waals surface area contributed by atoms with Gasteiger partial charge >= 0.3 is 0 Å². The minimum Gasteiger partial charge on any atom is -0.391 e. The lowest BCUT2D eigenvalue weighted by Crippen LogP contribution is -2.58. The summed E-state index contributed by atoms with van der Waals surface area (Å²) >= 11 is 0. The van der Waals surface area contributed by atoms with Crippen molar-refractivity contribution in [3.63, 3.8) is 0 Å². The van der Waals surface area contributed by atoms with Gasteiger partial charge in [-0.3, -0.25) is 0 Å². The molecule has 0 aliphatic heterocycles. The maximum absolute atomic E-state index is 9.02. The van der Waals surface area contributed by atoms with Gasteiger partial charge in [0.2, 0.25) is 0 Å². The SMILES string of the molecule is CC[N+](CCO)(C(C)C)C(C)C. The van der Waals surface area contributed by atoms with E-state index in [1.807, 2.05) is 0 Å². The average molecular weight is 174 g/mol. The van der Waals surface area contributed by atoms with Gasteiger partial charge < -0.3 is 9.59 Å². The highest BCUT2D eigenvalue weighted by Gasteiger charge is 2.31. The van der Waals surface area contributed by atoms with E-state index < -0.39 is 0 Å². The predicted molar refractivity (Wildman–Crippen MR) is 53.0 cm³/mol. The Labute approximate surface area is 76.8 Å². The molecule has 0 saturated carbocycles. The molecule has 0 fully saturated rings. The fourth-order valence-electron chi connectivity index (χ4n) is 2.19. The summed E-state index contributed by atoms with van der Waals surface area (Å²) in [7, 11) is 0. The molecule has 0 atom stereocenters. The van der Waals surface area contributed by atoms with Gasteiger partial charge in [0.15, 0.2) is 0 Å². The lowest BCUT2D eigenvalue weighted by atomic mass is 10.1. The molecular weight excluding hydrogens is 150 g/mol. The molecule has 0 radical (unpaired) electrons. The number of quaternary nitrogens is 1. The fourth-order valence-corrected chi connectivity index (χ4v) is 2.19. The van der Waals surface area contributed by atoms with Crippen molar-refractivity contribution in [2.75, 3.05) is 19.7 Å². The van der Waals surface area contributed by atoms with Crippen LogP contribution in [0.1, 0.15) is 34.6 Å². The summed E-state index contributed by atoms with van der Waals surface area (Å²) in [6.45, 7) is 13.4. The largest absolute Gasteiger partial charge is 0.391 e. The molecule has 0 amide bonds. The topological polar surface area (TPSA) is 20.2 Å². The third-order valence-corrected chi connectivity index (χ3v) is 3.16. The van der Waals surface area contributed by atoms with E-state index in [2.05, 4.69) is 34.6 Å². The van der Waals surface area contributed by atoms with Crippen molar-refractivity contribution in [3.8, 4) is 0 Å². The quantitative estimate of drug-likeness (QED) is 0.628. The molecule has 0 bridgehead atoms. The molecule has 0 aromatic rings. The number of likely N-dealkylation sites (N-methyl/N-ethyl adjacent to an activating group) is 1. The molecule has 74 valence electrons. The van der Waals surface area contributed by atoms with Gasteiger partial charge in [-0.2, -0.15) is 0 Å². The number of rotatable bonds is 5. The van der Waals surface area contributed by atoms with E-state index in [4.69, 9.17) is 5.11 Å². The first-order valence-corrected chi connectivity index (χ1v) is 4.98. The summed E-state index contributed by atoms with van der Waals surface area (Å²) in [6.07, 6.45) is 0. The van der Waals surface area contributed by atoms with Crippen LogP contribution in [0.4, 0.5) is 0 Å². The summed E-state index contributed by atoms with van der Waals surface area (Å²) < 4.78 is 1.02. The molecule has 0 aliphatic rings. The van der Waals surface area contributed by atoms with Crippen LogP contribution in [0.5, 0.6) is 0 Å². The summed E-state index contributed by atoms with van der Waals surface area (Å²) in [5.74, 6) is 0. The Kier molecular flexibility index (Phi) is 4.80. The fraction of sp³-hybridized carbons (Fsp3) is 1.00. The smallest absolute Gasteiger partial charge is 0.102 e. The summed E-state index contributed by atoms with van der Waals surface area (Å²) in [5, 5.41) is 9.02. The normalized spacial score (nSPS) is 13.0. The molecule has 1 N–H and O–H groups in total. The molecule has 0 saturated heterocycles. The second-order valence-electron chi connectivity index (χ2n) is 4.05. The van der Waals surface area contributed by atoms with Crippen molar-refractivity contribution in [3.05, 3.63) is 0 Å². The summed E-state index contributed by atoms with van der Waals surface area (Å²) in [4.78, 5) is 0. The van der Waals surface area contributed by atoms with Crippen LogP contribution in [0.15, 0.2) is 0 Å². The first-order valence-electron chi connectivity index (χ1n) is 4.98. The molecule has 0 rings (SSSR count). The van der Waals surface area contributed by atoms with Crippen molar-refractivity contribution in [2.24, 2.45) is 0 Å². The van der Waals surface area contributed by atoms with E-state index in [1.54, 1.807) is 0 Å². The number of aliphatic hydroxyl groups is 1. The van der Waals surface area contributed by atoms with Crippen molar-refractivity contribution >= 4 is 0 Å². The molecule has 12 heavy (non-hydrogen) atoms. The molecule has 0 aliphatic carbocycles. The van der Waals surface area contributed by atoms with Crippen LogP contribution < -0.4 is 0 Å². The molecule has 0 aromatic carbocycles. The van der Waals surface area contributed by atoms with Gasteiger partial charge in [0.25, 0.3) is 0 Å². The van der Waals surface area contributed by atoms with Crippen molar-refractivity contribution in [1.29, 1.82) is 0 Å². The summed E-state index contributed by atoms with van der Waals surface area (Å²) in [6, 6.07) is 1.20. The Morgan fingerprint density at radius 2 is 1.50 bits per heavy atom. The van der Waals surface area contributed by atoms with Crippen molar-refractivity contribution < 1.29 is 9.59 Å². The molecule has 2 nitrogen and oxygen atoms in total. The molecule has 0 unspecified atom stereocenters. The van der Waals surface area contributed by atoms with Crippen LogP contribution in [-0.4, -0.2) is 41.4 Å². The molecular formula is C10H24NO+. The maximum atomic E-state index is 9.02. The Morgan fingerprint density at radius 1 is 1.08 bits per heavy atom. The Bertz CT molecular complexity index is 113. The van der Waals surface area contributed by atoms with Gasteiger partial charge in [0, 0.05) is 0 Å². The first kappa shape index (κ1) is 11.9. The van der Waals surface area contributed by atoms with E-state index in [9.17, 15) is 0 Å². The van der Waals surface area contributed by atoms with Gasteiger partial charge in [-0.05, 0) is 34.6 Å². The number of nitrogens with zero attached hydrogens (tertiary/aromatic N) is 1. The van der Waals surface area contributed by atoms with E-state index in [0.29, 0.717) is 18.7 Å². The molecule has 0 spiro atoms. The zero-order chi connectivity index (χ0) is 9.78. The van der Waals surface area contributed by atoms with Crippen molar-refractivity contribution in [1.82, 2.24) is 0 Å². The predicted octanol–water partition coefficient (Wildman–Crippen LogP) is 1.63. The van der Waals surface area contributed by atoms with Crippen LogP contribution in [-0.2, 0) is 0 Å². The highest BCUT2D eigenvalue weighted by Crippen LogP contribution is 2.18. The van der Waals surface area contributed by atoms with E-state index in [0.717, 1.165) is 17.6 Å². The van der Waals surface area contributed by atoms with E-state index in [1.165, 1.54) is 0 Å². The average Bonchev–Trinajstić information content (AvgIpc) is 1.98. The number of hydrogen-bond donors (Lipinski definition) is 1. The third kappa shape index (κ3) is 2.20.